The molecule has 2 rings (SSSR count). The SMILES string of the molecule is CC(C)c1ccc(N2CCN(CCN)C(C)C2)cc1. The van der Waals surface area contributed by atoms with Gasteiger partial charge in [-0.2, -0.15) is 0 Å². The van der Waals surface area contributed by atoms with Gasteiger partial charge in [0.1, 0.15) is 0 Å². The van der Waals surface area contributed by atoms with Crippen molar-refractivity contribution in [3.63, 3.8) is 0 Å². The third-order valence-corrected chi connectivity index (χ3v) is 4.11. The Morgan fingerprint density at radius 2 is 1.89 bits per heavy atom. The van der Waals surface area contributed by atoms with Crippen molar-refractivity contribution in [2.75, 3.05) is 37.6 Å². The van der Waals surface area contributed by atoms with Crippen molar-refractivity contribution in [1.29, 1.82) is 0 Å². The van der Waals surface area contributed by atoms with Crippen LogP contribution < -0.4 is 10.6 Å². The zero-order valence-corrected chi connectivity index (χ0v) is 12.5. The molecule has 1 aromatic rings. The summed E-state index contributed by atoms with van der Waals surface area (Å²) in [5, 5.41) is 0. The average molecular weight is 261 g/mol. The van der Waals surface area contributed by atoms with Crippen molar-refractivity contribution < 1.29 is 0 Å². The van der Waals surface area contributed by atoms with Crippen molar-refractivity contribution in [1.82, 2.24) is 4.90 Å². The molecule has 2 N–H and O–H groups in total. The molecule has 0 amide bonds. The van der Waals surface area contributed by atoms with Crippen molar-refractivity contribution >= 4 is 5.69 Å². The van der Waals surface area contributed by atoms with E-state index >= 15 is 0 Å². The summed E-state index contributed by atoms with van der Waals surface area (Å²) in [6.07, 6.45) is 0. The van der Waals surface area contributed by atoms with Gasteiger partial charge >= 0.3 is 0 Å². The highest BCUT2D eigenvalue weighted by molar-refractivity contribution is 5.48. The Morgan fingerprint density at radius 1 is 1.21 bits per heavy atom. The Bertz CT molecular complexity index is 385. The van der Waals surface area contributed by atoms with E-state index in [1.807, 2.05) is 0 Å². The summed E-state index contributed by atoms with van der Waals surface area (Å²) in [6.45, 7) is 11.9. The largest absolute Gasteiger partial charge is 0.369 e. The van der Waals surface area contributed by atoms with Gasteiger partial charge in [-0.25, -0.2) is 0 Å². The fourth-order valence-electron chi connectivity index (χ4n) is 2.80. The average Bonchev–Trinajstić information content (AvgIpc) is 2.41. The van der Waals surface area contributed by atoms with Crippen molar-refractivity contribution in [2.45, 2.75) is 32.7 Å². The van der Waals surface area contributed by atoms with E-state index in [0.29, 0.717) is 12.0 Å². The lowest BCUT2D eigenvalue weighted by atomic mass is 10.0. The Hall–Kier alpha value is -1.06. The lowest BCUT2D eigenvalue weighted by Gasteiger charge is -2.41. The van der Waals surface area contributed by atoms with Gasteiger partial charge in [0.2, 0.25) is 0 Å². The molecule has 1 atom stereocenters. The first-order valence-corrected chi connectivity index (χ1v) is 7.41. The molecule has 1 unspecified atom stereocenters. The first-order chi connectivity index (χ1) is 9.11. The molecule has 3 heteroatoms. The van der Waals surface area contributed by atoms with Crippen LogP contribution in [0.15, 0.2) is 24.3 Å². The molecular formula is C16H27N3. The Labute approximate surface area is 117 Å². The highest BCUT2D eigenvalue weighted by Crippen LogP contribution is 2.22. The molecular weight excluding hydrogens is 234 g/mol. The number of nitrogens with zero attached hydrogens (tertiary/aromatic N) is 2. The van der Waals surface area contributed by atoms with Crippen LogP contribution in [0.1, 0.15) is 32.3 Å². The summed E-state index contributed by atoms with van der Waals surface area (Å²) in [4.78, 5) is 4.97. The van der Waals surface area contributed by atoms with Crippen LogP contribution in [0.3, 0.4) is 0 Å². The van der Waals surface area contributed by atoms with Crippen LogP contribution in [0, 0.1) is 0 Å². The first kappa shape index (κ1) is 14.4. The number of hydrogen-bond donors (Lipinski definition) is 1. The van der Waals surface area contributed by atoms with Crippen LogP contribution in [0.4, 0.5) is 5.69 Å². The minimum Gasteiger partial charge on any atom is -0.369 e. The molecule has 19 heavy (non-hydrogen) atoms. The van der Waals surface area contributed by atoms with Crippen LogP contribution >= 0.6 is 0 Å². The van der Waals surface area contributed by atoms with Crippen LogP contribution in [-0.4, -0.2) is 43.7 Å². The molecule has 106 valence electrons. The van der Waals surface area contributed by atoms with Crippen molar-refractivity contribution in [2.24, 2.45) is 5.73 Å². The van der Waals surface area contributed by atoms with Gasteiger partial charge in [-0.15, -0.1) is 0 Å². The minimum atomic E-state index is 0.585. The lowest BCUT2D eigenvalue weighted by Crippen LogP contribution is -2.53. The van der Waals surface area contributed by atoms with Crippen molar-refractivity contribution in [3.05, 3.63) is 29.8 Å². The van der Waals surface area contributed by atoms with E-state index in [2.05, 4.69) is 54.8 Å². The molecule has 0 bridgehead atoms. The summed E-state index contributed by atoms with van der Waals surface area (Å²) in [6, 6.07) is 9.64. The van der Waals surface area contributed by atoms with E-state index in [0.717, 1.165) is 32.7 Å². The standard InChI is InChI=1S/C16H27N3/c1-13(2)15-4-6-16(7-5-15)19-11-10-18(9-8-17)14(3)12-19/h4-7,13-14H,8-12,17H2,1-3H3. The van der Waals surface area contributed by atoms with Gasteiger partial charge in [0, 0.05) is 44.5 Å². The highest BCUT2D eigenvalue weighted by atomic mass is 15.3. The smallest absolute Gasteiger partial charge is 0.0367 e. The number of rotatable bonds is 4. The third-order valence-electron chi connectivity index (χ3n) is 4.11. The quantitative estimate of drug-likeness (QED) is 0.902. The molecule has 0 aliphatic carbocycles. The summed E-state index contributed by atoms with van der Waals surface area (Å²) < 4.78 is 0. The summed E-state index contributed by atoms with van der Waals surface area (Å²) in [5.41, 5.74) is 8.42. The van der Waals surface area contributed by atoms with Crippen molar-refractivity contribution in [3.8, 4) is 0 Å². The molecule has 0 aromatic heterocycles. The van der Waals surface area contributed by atoms with Gasteiger partial charge in [-0.05, 0) is 30.5 Å². The van der Waals surface area contributed by atoms with Crippen LogP contribution in [-0.2, 0) is 0 Å². The lowest BCUT2D eigenvalue weighted by molar-refractivity contribution is 0.195. The van der Waals surface area contributed by atoms with E-state index in [9.17, 15) is 0 Å². The molecule has 1 aliphatic rings. The Balaban J connectivity index is 2.00. The van der Waals surface area contributed by atoms with Crippen LogP contribution in [0.5, 0.6) is 0 Å². The van der Waals surface area contributed by atoms with Gasteiger partial charge in [0.25, 0.3) is 0 Å². The molecule has 1 aliphatic heterocycles. The van der Waals surface area contributed by atoms with Gasteiger partial charge in [0.15, 0.2) is 0 Å². The molecule has 0 radical (unpaired) electrons. The minimum absolute atomic E-state index is 0.585. The summed E-state index contributed by atoms with van der Waals surface area (Å²) in [7, 11) is 0. The number of benzene rings is 1. The molecule has 1 saturated heterocycles. The second-order valence-corrected chi connectivity index (χ2v) is 5.87. The number of nitrogens with two attached hydrogens (primary N) is 1. The van der Waals surface area contributed by atoms with Gasteiger partial charge in [-0.3, -0.25) is 4.90 Å². The van der Waals surface area contributed by atoms with E-state index in [1.165, 1.54) is 11.3 Å². The predicted molar refractivity (Wildman–Crippen MR) is 82.8 cm³/mol. The molecule has 1 heterocycles. The molecule has 0 saturated carbocycles. The van der Waals surface area contributed by atoms with Gasteiger partial charge in [-0.1, -0.05) is 26.0 Å². The molecule has 1 aromatic carbocycles. The van der Waals surface area contributed by atoms with Crippen LogP contribution in [0.2, 0.25) is 0 Å². The maximum Gasteiger partial charge on any atom is 0.0367 e. The number of anilines is 1. The Morgan fingerprint density at radius 3 is 2.42 bits per heavy atom. The normalized spacial score (nSPS) is 21.1. The third kappa shape index (κ3) is 3.48. The maximum absolute atomic E-state index is 5.66. The maximum atomic E-state index is 5.66. The monoisotopic (exact) mass is 261 g/mol. The fraction of sp³-hybridized carbons (Fsp3) is 0.625. The van der Waals surface area contributed by atoms with Gasteiger partial charge < -0.3 is 10.6 Å². The molecule has 0 spiro atoms. The van der Waals surface area contributed by atoms with E-state index < -0.39 is 0 Å². The predicted octanol–water partition coefficient (Wildman–Crippen LogP) is 2.28. The fourth-order valence-corrected chi connectivity index (χ4v) is 2.80. The summed E-state index contributed by atoms with van der Waals surface area (Å²) >= 11 is 0. The second-order valence-electron chi connectivity index (χ2n) is 5.87. The Kier molecular flexibility index (Phi) is 4.83. The van der Waals surface area contributed by atoms with Crippen LogP contribution in [0.25, 0.3) is 0 Å². The number of piperazine rings is 1. The number of hydrogen-bond acceptors (Lipinski definition) is 3. The van der Waals surface area contributed by atoms with Gasteiger partial charge in [0.05, 0.1) is 0 Å². The first-order valence-electron chi connectivity index (χ1n) is 7.41. The second kappa shape index (κ2) is 6.40. The van der Waals surface area contributed by atoms with E-state index in [-0.39, 0.29) is 0 Å². The molecule has 1 fully saturated rings. The highest BCUT2D eigenvalue weighted by Gasteiger charge is 2.22. The molecule has 3 nitrogen and oxygen atoms in total. The zero-order valence-electron chi connectivity index (χ0n) is 12.5. The van der Waals surface area contributed by atoms with E-state index in [4.69, 9.17) is 5.73 Å². The van der Waals surface area contributed by atoms with E-state index in [1.54, 1.807) is 0 Å². The summed E-state index contributed by atoms with van der Waals surface area (Å²) in [5.74, 6) is 0.606. The topological polar surface area (TPSA) is 32.5 Å². The zero-order chi connectivity index (χ0) is 13.8.